The van der Waals surface area contributed by atoms with Crippen LogP contribution in [-0.2, 0) is 9.59 Å². The lowest BCUT2D eigenvalue weighted by atomic mass is 10.0. The van der Waals surface area contributed by atoms with E-state index in [0.717, 1.165) is 0 Å². The first-order valence-corrected chi connectivity index (χ1v) is 7.66. The molecular weight excluding hydrogens is 346 g/mol. The number of nitrogens with one attached hydrogen (secondary N) is 1. The Hall–Kier alpha value is -3.06. The van der Waals surface area contributed by atoms with Gasteiger partial charge < -0.3 is 10.4 Å². The van der Waals surface area contributed by atoms with Crippen molar-refractivity contribution in [2.75, 3.05) is 6.54 Å². The number of amides is 1. The summed E-state index contributed by atoms with van der Waals surface area (Å²) >= 11 is 5.76. The van der Waals surface area contributed by atoms with Crippen LogP contribution in [0.15, 0.2) is 64.8 Å². The first kappa shape index (κ1) is 18.3. The number of carboxylic acid groups (broad SMARTS) is 1. The van der Waals surface area contributed by atoms with Crippen molar-refractivity contribution in [1.82, 2.24) is 5.32 Å². The van der Waals surface area contributed by atoms with Crippen LogP contribution in [0, 0.1) is 0 Å². The minimum atomic E-state index is -1.40. The van der Waals surface area contributed by atoms with Crippen molar-refractivity contribution in [2.24, 2.45) is 10.2 Å². The van der Waals surface area contributed by atoms with Gasteiger partial charge in [-0.05, 0) is 12.1 Å². The summed E-state index contributed by atoms with van der Waals surface area (Å²) in [6.07, 6.45) is 0. The molecule has 128 valence electrons. The third kappa shape index (κ3) is 5.22. The van der Waals surface area contributed by atoms with Gasteiger partial charge in [-0.3, -0.25) is 14.4 Å². The van der Waals surface area contributed by atoms with E-state index in [9.17, 15) is 14.4 Å². The van der Waals surface area contributed by atoms with Gasteiger partial charge in [0.15, 0.2) is 5.78 Å². The van der Waals surface area contributed by atoms with E-state index in [1.807, 2.05) is 0 Å². The number of alkyl halides is 1. The number of carbonyl (C=O) groups excluding carboxylic acids is 2. The lowest BCUT2D eigenvalue weighted by Gasteiger charge is -2.06. The highest BCUT2D eigenvalue weighted by Gasteiger charge is 2.16. The molecule has 2 aromatic carbocycles. The van der Waals surface area contributed by atoms with Crippen LogP contribution in [0.4, 0.5) is 5.69 Å². The third-order valence-corrected chi connectivity index (χ3v) is 3.37. The highest BCUT2D eigenvalue weighted by molar-refractivity contribution is 6.30. The second-order valence-corrected chi connectivity index (χ2v) is 5.29. The number of benzene rings is 2. The molecule has 0 aliphatic rings. The second kappa shape index (κ2) is 8.70. The molecule has 0 fully saturated rings. The number of hydrogen-bond acceptors (Lipinski definition) is 5. The fourth-order valence-corrected chi connectivity index (χ4v) is 2.03. The summed E-state index contributed by atoms with van der Waals surface area (Å²) in [5, 5.41) is 18.1. The van der Waals surface area contributed by atoms with E-state index in [1.165, 1.54) is 0 Å². The van der Waals surface area contributed by atoms with E-state index in [1.54, 1.807) is 54.6 Å². The van der Waals surface area contributed by atoms with E-state index in [-0.39, 0.29) is 11.5 Å². The van der Waals surface area contributed by atoms with E-state index in [0.29, 0.717) is 11.1 Å². The molecule has 2 aromatic rings. The van der Waals surface area contributed by atoms with Crippen LogP contribution in [0.25, 0.3) is 0 Å². The molecule has 25 heavy (non-hydrogen) atoms. The summed E-state index contributed by atoms with van der Waals surface area (Å²) in [7, 11) is 0. The van der Waals surface area contributed by atoms with Crippen molar-refractivity contribution in [2.45, 2.75) is 5.50 Å². The summed E-state index contributed by atoms with van der Waals surface area (Å²) in [5.41, 5.74) is -0.341. The van der Waals surface area contributed by atoms with Crippen LogP contribution >= 0.6 is 11.6 Å². The lowest BCUT2D eigenvalue weighted by Crippen LogP contribution is -2.34. The number of azo groups is 1. The first-order valence-electron chi connectivity index (χ1n) is 7.22. The van der Waals surface area contributed by atoms with Crippen LogP contribution in [0.2, 0.25) is 0 Å². The quantitative estimate of drug-likeness (QED) is 0.343. The smallest absolute Gasteiger partial charge is 0.322 e. The van der Waals surface area contributed by atoms with Crippen molar-refractivity contribution in [3.05, 3.63) is 65.7 Å². The molecule has 0 radical (unpaired) electrons. The molecule has 2 rings (SSSR count). The SMILES string of the molecule is O=C(O)CNC(=O)C(Cl)N=Nc1ccccc1C(=O)c1ccccc1. The van der Waals surface area contributed by atoms with E-state index < -0.39 is 23.9 Å². The highest BCUT2D eigenvalue weighted by Crippen LogP contribution is 2.23. The van der Waals surface area contributed by atoms with Gasteiger partial charge in [0.25, 0.3) is 5.91 Å². The van der Waals surface area contributed by atoms with Crippen molar-refractivity contribution in [3.8, 4) is 0 Å². The number of nitrogens with zero attached hydrogens (tertiary/aromatic N) is 2. The van der Waals surface area contributed by atoms with Crippen LogP contribution in [-0.4, -0.2) is 34.8 Å². The maximum atomic E-state index is 12.5. The van der Waals surface area contributed by atoms with Crippen molar-refractivity contribution >= 4 is 34.9 Å². The Kier molecular flexibility index (Phi) is 6.36. The van der Waals surface area contributed by atoms with Crippen molar-refractivity contribution in [3.63, 3.8) is 0 Å². The number of rotatable bonds is 7. The van der Waals surface area contributed by atoms with Gasteiger partial charge in [0.2, 0.25) is 5.50 Å². The normalized spacial score (nSPS) is 11.9. The maximum Gasteiger partial charge on any atom is 0.322 e. The predicted molar refractivity (Wildman–Crippen MR) is 91.1 cm³/mol. The standard InChI is InChI=1S/C17H14ClN3O4/c18-16(17(25)19-10-14(22)23)21-20-13-9-5-4-8-12(13)15(24)11-6-2-1-3-7-11/h1-9,16H,10H2,(H,19,25)(H,22,23). The van der Waals surface area contributed by atoms with Gasteiger partial charge in [-0.25, -0.2) is 0 Å². The first-order chi connectivity index (χ1) is 12.0. The summed E-state index contributed by atoms with van der Waals surface area (Å²) in [6.45, 7) is -0.569. The zero-order valence-electron chi connectivity index (χ0n) is 12.9. The number of ketones is 1. The largest absolute Gasteiger partial charge is 0.480 e. The average Bonchev–Trinajstić information content (AvgIpc) is 2.64. The summed E-state index contributed by atoms with van der Waals surface area (Å²) in [5.74, 6) is -2.23. The van der Waals surface area contributed by atoms with Crippen LogP contribution in [0.5, 0.6) is 0 Å². The molecule has 8 heteroatoms. The molecule has 0 saturated carbocycles. The zero-order valence-corrected chi connectivity index (χ0v) is 13.7. The molecular formula is C17H14ClN3O4. The van der Waals surface area contributed by atoms with E-state index in [2.05, 4.69) is 15.5 Å². The maximum absolute atomic E-state index is 12.5. The van der Waals surface area contributed by atoms with Gasteiger partial charge in [-0.2, -0.15) is 10.2 Å². The van der Waals surface area contributed by atoms with Crippen LogP contribution in [0.1, 0.15) is 15.9 Å². The Balaban J connectivity index is 2.16. The van der Waals surface area contributed by atoms with Crippen molar-refractivity contribution in [1.29, 1.82) is 0 Å². The molecule has 0 bridgehead atoms. The number of aliphatic carboxylic acids is 1. The molecule has 1 atom stereocenters. The van der Waals surface area contributed by atoms with Crippen LogP contribution < -0.4 is 5.32 Å². The Bertz CT molecular complexity index is 809. The molecule has 1 unspecified atom stereocenters. The number of halogens is 1. The predicted octanol–water partition coefficient (Wildman–Crippen LogP) is 2.77. The Morgan fingerprint density at radius 1 is 1.04 bits per heavy atom. The molecule has 0 aromatic heterocycles. The monoisotopic (exact) mass is 359 g/mol. The molecule has 2 N–H and O–H groups in total. The summed E-state index contributed by atoms with van der Waals surface area (Å²) < 4.78 is 0. The molecule has 0 heterocycles. The van der Waals surface area contributed by atoms with Crippen molar-refractivity contribution < 1.29 is 19.5 Å². The minimum Gasteiger partial charge on any atom is -0.480 e. The average molecular weight is 360 g/mol. The zero-order chi connectivity index (χ0) is 18.2. The molecule has 7 nitrogen and oxygen atoms in total. The van der Waals surface area contributed by atoms with Gasteiger partial charge in [0, 0.05) is 5.56 Å². The third-order valence-electron chi connectivity index (χ3n) is 3.08. The minimum absolute atomic E-state index is 0.239. The Morgan fingerprint density at radius 3 is 2.36 bits per heavy atom. The number of hydrogen-bond donors (Lipinski definition) is 2. The Labute approximate surface area is 148 Å². The van der Waals surface area contributed by atoms with Gasteiger partial charge in [0.05, 0.1) is 11.3 Å². The summed E-state index contributed by atoms with van der Waals surface area (Å²) in [4.78, 5) is 34.5. The molecule has 0 saturated heterocycles. The Morgan fingerprint density at radius 2 is 1.68 bits per heavy atom. The topological polar surface area (TPSA) is 108 Å². The lowest BCUT2D eigenvalue weighted by molar-refractivity contribution is -0.137. The van der Waals surface area contributed by atoms with Gasteiger partial charge in [-0.1, -0.05) is 54.1 Å². The fourth-order valence-electron chi connectivity index (χ4n) is 1.91. The van der Waals surface area contributed by atoms with E-state index >= 15 is 0 Å². The second-order valence-electron chi connectivity index (χ2n) is 4.88. The molecule has 0 spiro atoms. The summed E-state index contributed by atoms with van der Waals surface area (Å²) in [6, 6.07) is 15.2. The van der Waals surface area contributed by atoms with Gasteiger partial charge in [-0.15, -0.1) is 0 Å². The highest BCUT2D eigenvalue weighted by atomic mass is 35.5. The number of carboxylic acids is 1. The molecule has 0 aliphatic heterocycles. The van der Waals surface area contributed by atoms with Crippen LogP contribution in [0.3, 0.4) is 0 Å². The van der Waals surface area contributed by atoms with Gasteiger partial charge in [0.1, 0.15) is 6.54 Å². The van der Waals surface area contributed by atoms with Gasteiger partial charge >= 0.3 is 5.97 Å². The fraction of sp³-hybridized carbons (Fsp3) is 0.118. The molecule has 0 aliphatic carbocycles. The number of carbonyl (C=O) groups is 3. The van der Waals surface area contributed by atoms with E-state index in [4.69, 9.17) is 16.7 Å². The molecule has 1 amide bonds.